The molecule has 1 aromatic carbocycles. The molecule has 0 spiro atoms. The van der Waals surface area contributed by atoms with Crippen molar-refractivity contribution in [3.63, 3.8) is 0 Å². The summed E-state index contributed by atoms with van der Waals surface area (Å²) in [6.07, 6.45) is 0. The second kappa shape index (κ2) is 5.30. The summed E-state index contributed by atoms with van der Waals surface area (Å²) < 4.78 is 40.1. The van der Waals surface area contributed by atoms with Crippen LogP contribution in [0.4, 0.5) is 10.1 Å². The minimum absolute atomic E-state index is 0.0631. The van der Waals surface area contributed by atoms with Gasteiger partial charge in [-0.15, -0.1) is 0 Å². The third-order valence-electron chi connectivity index (χ3n) is 3.27. The summed E-state index contributed by atoms with van der Waals surface area (Å²) in [6.45, 7) is 3.84. The van der Waals surface area contributed by atoms with Gasteiger partial charge < -0.3 is 5.73 Å². The van der Waals surface area contributed by atoms with E-state index in [1.54, 1.807) is 11.8 Å². The predicted molar refractivity (Wildman–Crippen MR) is 76.2 cm³/mol. The van der Waals surface area contributed by atoms with Crippen molar-refractivity contribution in [2.75, 3.05) is 23.8 Å². The van der Waals surface area contributed by atoms with E-state index in [0.717, 1.165) is 17.6 Å². The number of nitrogen functional groups attached to an aromatic ring is 1. The van der Waals surface area contributed by atoms with Crippen LogP contribution in [-0.2, 0) is 10.0 Å². The zero-order valence-corrected chi connectivity index (χ0v) is 12.5. The van der Waals surface area contributed by atoms with E-state index >= 15 is 0 Å². The lowest BCUT2D eigenvalue weighted by atomic mass is 10.2. The van der Waals surface area contributed by atoms with Gasteiger partial charge in [-0.1, -0.05) is 0 Å². The molecule has 1 aliphatic rings. The molecule has 7 heteroatoms. The van der Waals surface area contributed by atoms with Crippen LogP contribution in [0.1, 0.15) is 12.5 Å². The normalized spacial score (nSPS) is 21.5. The first kappa shape index (κ1) is 14.6. The molecule has 0 radical (unpaired) electrons. The molecule has 1 atom stereocenters. The van der Waals surface area contributed by atoms with Crippen LogP contribution in [0.15, 0.2) is 17.0 Å². The summed E-state index contributed by atoms with van der Waals surface area (Å²) in [5.41, 5.74) is 6.10. The third-order valence-corrected chi connectivity index (χ3v) is 6.45. The molecule has 0 aromatic heterocycles. The first-order chi connectivity index (χ1) is 8.84. The number of thioether (sulfide) groups is 1. The first-order valence-corrected chi connectivity index (χ1v) is 8.58. The van der Waals surface area contributed by atoms with E-state index < -0.39 is 15.8 Å². The highest BCUT2D eigenvalue weighted by Crippen LogP contribution is 2.27. The Morgan fingerprint density at radius 3 is 2.74 bits per heavy atom. The number of nitrogens with zero attached hydrogens (tertiary/aromatic N) is 1. The Balaban J connectivity index is 2.44. The number of hydrogen-bond acceptors (Lipinski definition) is 4. The minimum atomic E-state index is -3.67. The van der Waals surface area contributed by atoms with E-state index in [1.165, 1.54) is 17.3 Å². The molecule has 1 aliphatic heterocycles. The SMILES string of the molecule is Cc1c(N)cc(S(=O)(=O)N2CCSCC2C)cc1F. The molecule has 0 saturated carbocycles. The zero-order chi connectivity index (χ0) is 14.2. The largest absolute Gasteiger partial charge is 0.398 e. The molecule has 0 amide bonds. The molecule has 1 unspecified atom stereocenters. The molecule has 1 heterocycles. The summed E-state index contributed by atoms with van der Waals surface area (Å²) in [5, 5.41) is 0. The van der Waals surface area contributed by atoms with Gasteiger partial charge in [0, 0.05) is 35.3 Å². The average Bonchev–Trinajstić information content (AvgIpc) is 2.35. The van der Waals surface area contributed by atoms with Crippen LogP contribution in [0.25, 0.3) is 0 Å². The number of halogens is 1. The van der Waals surface area contributed by atoms with Gasteiger partial charge >= 0.3 is 0 Å². The molecule has 1 aromatic rings. The predicted octanol–water partition coefficient (Wildman–Crippen LogP) is 1.84. The van der Waals surface area contributed by atoms with Crippen molar-refractivity contribution in [3.8, 4) is 0 Å². The Kier molecular flexibility index (Phi) is 4.08. The molecular formula is C12H17FN2O2S2. The van der Waals surface area contributed by atoms with Crippen molar-refractivity contribution in [2.45, 2.75) is 24.8 Å². The van der Waals surface area contributed by atoms with Gasteiger partial charge in [-0.2, -0.15) is 16.1 Å². The van der Waals surface area contributed by atoms with Gasteiger partial charge in [0.25, 0.3) is 0 Å². The lowest BCUT2D eigenvalue weighted by Gasteiger charge is -2.32. The number of nitrogens with two attached hydrogens (primary N) is 1. The van der Waals surface area contributed by atoms with Gasteiger partial charge in [0.05, 0.1) is 4.90 Å². The van der Waals surface area contributed by atoms with Crippen molar-refractivity contribution < 1.29 is 12.8 Å². The lowest BCUT2D eigenvalue weighted by molar-refractivity contribution is 0.367. The van der Waals surface area contributed by atoms with Gasteiger partial charge in [-0.05, 0) is 26.0 Å². The second-order valence-corrected chi connectivity index (χ2v) is 7.70. The Labute approximate surface area is 117 Å². The lowest BCUT2D eigenvalue weighted by Crippen LogP contribution is -2.44. The van der Waals surface area contributed by atoms with Gasteiger partial charge in [-0.25, -0.2) is 12.8 Å². The number of sulfonamides is 1. The van der Waals surface area contributed by atoms with Crippen LogP contribution in [0.3, 0.4) is 0 Å². The van der Waals surface area contributed by atoms with Crippen LogP contribution in [0.5, 0.6) is 0 Å². The molecule has 19 heavy (non-hydrogen) atoms. The Hall–Kier alpha value is -0.790. The summed E-state index contributed by atoms with van der Waals surface area (Å²) in [6, 6.07) is 2.30. The number of hydrogen-bond donors (Lipinski definition) is 1. The third kappa shape index (κ3) is 2.73. The van der Waals surface area contributed by atoms with Gasteiger partial charge in [-0.3, -0.25) is 0 Å². The number of rotatable bonds is 2. The second-order valence-electron chi connectivity index (χ2n) is 4.66. The maximum atomic E-state index is 13.7. The molecule has 106 valence electrons. The topological polar surface area (TPSA) is 63.4 Å². The van der Waals surface area contributed by atoms with Gasteiger partial charge in [0.2, 0.25) is 10.0 Å². The molecule has 2 N–H and O–H groups in total. The molecule has 2 rings (SSSR count). The monoisotopic (exact) mass is 304 g/mol. The van der Waals surface area contributed by atoms with Crippen LogP contribution in [0, 0.1) is 12.7 Å². The van der Waals surface area contributed by atoms with Crippen molar-refractivity contribution in [1.82, 2.24) is 4.31 Å². The molecule has 4 nitrogen and oxygen atoms in total. The van der Waals surface area contributed by atoms with Crippen molar-refractivity contribution in [1.29, 1.82) is 0 Å². The fourth-order valence-electron chi connectivity index (χ4n) is 2.03. The van der Waals surface area contributed by atoms with Crippen LogP contribution < -0.4 is 5.73 Å². The molecule has 1 saturated heterocycles. The van der Waals surface area contributed by atoms with Crippen LogP contribution >= 0.6 is 11.8 Å². The first-order valence-electron chi connectivity index (χ1n) is 5.99. The zero-order valence-electron chi connectivity index (χ0n) is 10.9. The van der Waals surface area contributed by atoms with Crippen molar-refractivity contribution >= 4 is 27.5 Å². The summed E-state index contributed by atoms with van der Waals surface area (Å²) in [7, 11) is -3.67. The van der Waals surface area contributed by atoms with E-state index in [0.29, 0.717) is 6.54 Å². The van der Waals surface area contributed by atoms with Crippen LogP contribution in [-0.4, -0.2) is 36.8 Å². The Bertz CT molecular complexity index is 566. The number of anilines is 1. The highest BCUT2D eigenvalue weighted by molar-refractivity contribution is 7.99. The van der Waals surface area contributed by atoms with E-state index in [2.05, 4.69) is 0 Å². The molecular weight excluding hydrogens is 287 g/mol. The maximum Gasteiger partial charge on any atom is 0.243 e. The average molecular weight is 304 g/mol. The highest BCUT2D eigenvalue weighted by Gasteiger charge is 2.31. The van der Waals surface area contributed by atoms with E-state index in [4.69, 9.17) is 5.73 Å². The van der Waals surface area contributed by atoms with Gasteiger partial charge in [0.1, 0.15) is 5.82 Å². The summed E-state index contributed by atoms with van der Waals surface area (Å²) in [4.78, 5) is -0.0631. The Morgan fingerprint density at radius 2 is 2.16 bits per heavy atom. The minimum Gasteiger partial charge on any atom is -0.398 e. The summed E-state index contributed by atoms with van der Waals surface area (Å²) in [5.74, 6) is 0.925. The van der Waals surface area contributed by atoms with Crippen molar-refractivity contribution in [2.24, 2.45) is 0 Å². The van der Waals surface area contributed by atoms with Crippen LogP contribution in [0.2, 0.25) is 0 Å². The highest BCUT2D eigenvalue weighted by atomic mass is 32.2. The van der Waals surface area contributed by atoms with E-state index in [9.17, 15) is 12.8 Å². The van der Waals surface area contributed by atoms with Crippen molar-refractivity contribution in [3.05, 3.63) is 23.5 Å². The standard InChI is InChI=1S/C12H17FN2O2S2/c1-8-7-18-4-3-15(8)19(16,17)10-5-11(13)9(2)12(14)6-10/h5-6,8H,3-4,7,14H2,1-2H3. The smallest absolute Gasteiger partial charge is 0.243 e. The maximum absolute atomic E-state index is 13.7. The Morgan fingerprint density at radius 1 is 1.47 bits per heavy atom. The quantitative estimate of drug-likeness (QED) is 0.847. The fourth-order valence-corrected chi connectivity index (χ4v) is 4.93. The van der Waals surface area contributed by atoms with E-state index in [-0.39, 0.29) is 22.2 Å². The summed E-state index contributed by atoms with van der Waals surface area (Å²) >= 11 is 1.72. The number of benzene rings is 1. The fraction of sp³-hybridized carbons (Fsp3) is 0.500. The molecule has 0 bridgehead atoms. The van der Waals surface area contributed by atoms with Gasteiger partial charge in [0.15, 0.2) is 0 Å². The molecule has 0 aliphatic carbocycles. The molecule has 1 fully saturated rings. The van der Waals surface area contributed by atoms with E-state index in [1.807, 2.05) is 6.92 Å².